The Morgan fingerprint density at radius 2 is 1.07 bits per heavy atom. The molecular weight excluding hydrogens is 377 g/mol. The molecule has 27 heavy (non-hydrogen) atoms. The smallest absolute Gasteiger partial charge is 0.0858 e. The minimum Gasteiger partial charge on any atom is -0.369 e. The quantitative estimate of drug-likeness (QED) is 0.295. The third-order valence-electron chi connectivity index (χ3n) is 4.18. The second-order valence-electron chi connectivity index (χ2n) is 5.99. The van der Waals surface area contributed by atoms with Crippen molar-refractivity contribution in [3.63, 3.8) is 0 Å². The lowest BCUT2D eigenvalue weighted by Gasteiger charge is -2.22. The van der Waals surface area contributed by atoms with Crippen LogP contribution >= 0.6 is 23.2 Å². The van der Waals surface area contributed by atoms with E-state index in [1.807, 2.05) is 54.6 Å². The highest BCUT2D eigenvalue weighted by Gasteiger charge is 2.05. The van der Waals surface area contributed by atoms with Gasteiger partial charge >= 0.3 is 0 Å². The summed E-state index contributed by atoms with van der Waals surface area (Å²) in [5, 5.41) is 8.65. The van der Waals surface area contributed by atoms with Crippen LogP contribution in [-0.4, -0.2) is 24.8 Å². The summed E-state index contributed by atoms with van der Waals surface area (Å²) in [6.07, 6.45) is 0. The molecule has 0 amide bonds. The van der Waals surface area contributed by atoms with Crippen LogP contribution < -0.4 is 4.90 Å². The van der Waals surface area contributed by atoms with Crippen LogP contribution in [0, 0.1) is 0 Å². The summed E-state index contributed by atoms with van der Waals surface area (Å²) in [5.41, 5.74) is 5.07. The van der Waals surface area contributed by atoms with E-state index in [9.17, 15) is 0 Å². The highest BCUT2D eigenvalue weighted by Crippen LogP contribution is 2.25. The van der Waals surface area contributed by atoms with Crippen molar-refractivity contribution in [1.29, 1.82) is 0 Å². The molecule has 0 aromatic heterocycles. The summed E-state index contributed by atoms with van der Waals surface area (Å²) < 4.78 is 0. The van der Waals surface area contributed by atoms with Gasteiger partial charge < -0.3 is 4.90 Å². The fourth-order valence-electron chi connectivity index (χ4n) is 2.77. The van der Waals surface area contributed by atoms with Gasteiger partial charge in [-0.25, -0.2) is 0 Å². The Kier molecular flexibility index (Phi) is 7.26. The molecule has 0 spiro atoms. The molecular formula is C22H21Cl2N3. The van der Waals surface area contributed by atoms with Gasteiger partial charge in [0.25, 0.3) is 0 Å². The molecule has 0 N–H and O–H groups in total. The van der Waals surface area contributed by atoms with Crippen molar-refractivity contribution >= 4 is 40.3 Å². The van der Waals surface area contributed by atoms with Crippen molar-refractivity contribution in [2.45, 2.75) is 0 Å². The minimum atomic E-state index is 0.567. The number of halogens is 2. The van der Waals surface area contributed by atoms with E-state index in [-0.39, 0.29) is 0 Å². The molecule has 0 heterocycles. The van der Waals surface area contributed by atoms with Crippen molar-refractivity contribution < 1.29 is 0 Å². The predicted molar refractivity (Wildman–Crippen MR) is 116 cm³/mol. The largest absolute Gasteiger partial charge is 0.369 e. The molecule has 0 saturated heterocycles. The Balaban J connectivity index is 1.67. The Morgan fingerprint density at radius 1 is 0.593 bits per heavy atom. The number of hydrogen-bond acceptors (Lipinski definition) is 3. The molecule has 0 aliphatic heterocycles. The minimum absolute atomic E-state index is 0.567. The zero-order chi connectivity index (χ0) is 18.9. The van der Waals surface area contributed by atoms with E-state index >= 15 is 0 Å². The molecule has 0 atom stereocenters. The molecule has 138 valence electrons. The van der Waals surface area contributed by atoms with Gasteiger partial charge in [0.05, 0.1) is 11.4 Å². The molecule has 3 aromatic carbocycles. The lowest BCUT2D eigenvalue weighted by atomic mass is 10.1. The van der Waals surface area contributed by atoms with Crippen LogP contribution in [0.5, 0.6) is 0 Å². The van der Waals surface area contributed by atoms with Crippen LogP contribution in [0.4, 0.5) is 17.1 Å². The second-order valence-corrected chi connectivity index (χ2v) is 6.75. The number of rotatable bonds is 8. The first-order chi connectivity index (χ1) is 13.3. The van der Waals surface area contributed by atoms with E-state index in [2.05, 4.69) is 39.4 Å². The Morgan fingerprint density at radius 3 is 1.59 bits per heavy atom. The number of hydrogen-bond donors (Lipinski definition) is 0. The molecule has 0 saturated carbocycles. The zero-order valence-corrected chi connectivity index (χ0v) is 16.4. The van der Waals surface area contributed by atoms with Gasteiger partial charge in [-0.1, -0.05) is 42.5 Å². The van der Waals surface area contributed by atoms with Crippen molar-refractivity contribution in [2.24, 2.45) is 10.2 Å². The third kappa shape index (κ3) is 5.56. The van der Waals surface area contributed by atoms with Crippen LogP contribution in [-0.2, 0) is 0 Å². The van der Waals surface area contributed by atoms with Gasteiger partial charge in [-0.2, -0.15) is 10.2 Å². The van der Waals surface area contributed by atoms with Gasteiger partial charge in [0.2, 0.25) is 0 Å². The standard InChI is InChI=1S/C22H21Cl2N3/c23-14-16-27(17-15-24)22-12-10-21(11-13-22)26-25-20-8-6-19(7-9-20)18-4-2-1-3-5-18/h1-13H,14-17H2. The van der Waals surface area contributed by atoms with Crippen molar-refractivity contribution in [1.82, 2.24) is 0 Å². The monoisotopic (exact) mass is 397 g/mol. The summed E-state index contributed by atoms with van der Waals surface area (Å²) in [7, 11) is 0. The molecule has 0 aliphatic carbocycles. The maximum atomic E-state index is 5.86. The average molecular weight is 398 g/mol. The van der Waals surface area contributed by atoms with Crippen molar-refractivity contribution in [3.05, 3.63) is 78.9 Å². The summed E-state index contributed by atoms with van der Waals surface area (Å²) in [6.45, 7) is 1.53. The van der Waals surface area contributed by atoms with Gasteiger partial charge in [0.15, 0.2) is 0 Å². The van der Waals surface area contributed by atoms with Crippen LogP contribution in [0.25, 0.3) is 11.1 Å². The van der Waals surface area contributed by atoms with E-state index in [1.165, 1.54) is 5.56 Å². The molecule has 3 aromatic rings. The van der Waals surface area contributed by atoms with Gasteiger partial charge in [0, 0.05) is 30.5 Å². The molecule has 0 radical (unpaired) electrons. The number of nitrogens with zero attached hydrogens (tertiary/aromatic N) is 3. The topological polar surface area (TPSA) is 28.0 Å². The summed E-state index contributed by atoms with van der Waals surface area (Å²) >= 11 is 11.7. The van der Waals surface area contributed by atoms with Gasteiger partial charge in [0.1, 0.15) is 0 Å². The van der Waals surface area contributed by atoms with Crippen molar-refractivity contribution in [2.75, 3.05) is 29.7 Å². The van der Waals surface area contributed by atoms with E-state index in [1.54, 1.807) is 0 Å². The summed E-state index contributed by atoms with van der Waals surface area (Å²) in [6, 6.07) is 26.3. The summed E-state index contributed by atoms with van der Waals surface area (Å²) in [4.78, 5) is 2.16. The molecule has 0 bridgehead atoms. The zero-order valence-electron chi connectivity index (χ0n) is 14.9. The highest BCUT2D eigenvalue weighted by molar-refractivity contribution is 6.18. The first-order valence-corrected chi connectivity index (χ1v) is 9.91. The number of benzene rings is 3. The van der Waals surface area contributed by atoms with E-state index in [0.29, 0.717) is 11.8 Å². The van der Waals surface area contributed by atoms with Crippen LogP contribution in [0.3, 0.4) is 0 Å². The maximum Gasteiger partial charge on any atom is 0.0858 e. The van der Waals surface area contributed by atoms with Crippen LogP contribution in [0.1, 0.15) is 0 Å². The highest BCUT2D eigenvalue weighted by atomic mass is 35.5. The number of azo groups is 1. The predicted octanol–water partition coefficient (Wildman–Crippen LogP) is 7.05. The van der Waals surface area contributed by atoms with Crippen LogP contribution in [0.15, 0.2) is 89.1 Å². The molecule has 0 aliphatic rings. The van der Waals surface area contributed by atoms with Gasteiger partial charge in [-0.3, -0.25) is 0 Å². The fourth-order valence-corrected chi connectivity index (χ4v) is 3.18. The average Bonchev–Trinajstić information content (AvgIpc) is 2.73. The van der Waals surface area contributed by atoms with E-state index < -0.39 is 0 Å². The maximum absolute atomic E-state index is 5.86. The van der Waals surface area contributed by atoms with Gasteiger partial charge in [-0.15, -0.1) is 23.2 Å². The van der Waals surface area contributed by atoms with E-state index in [0.717, 1.165) is 35.7 Å². The summed E-state index contributed by atoms with van der Waals surface area (Å²) in [5.74, 6) is 1.13. The Labute approximate surface area is 170 Å². The first kappa shape index (κ1) is 19.4. The Bertz CT molecular complexity index is 841. The van der Waals surface area contributed by atoms with Gasteiger partial charge in [-0.05, 0) is 47.5 Å². The fraction of sp³-hybridized carbons (Fsp3) is 0.182. The SMILES string of the molecule is ClCCN(CCCl)c1ccc(N=Nc2ccc(-c3ccccc3)cc2)cc1. The lowest BCUT2D eigenvalue weighted by molar-refractivity contribution is 0.874. The molecule has 0 unspecified atom stereocenters. The second kappa shape index (κ2) is 10.1. The van der Waals surface area contributed by atoms with Crippen LogP contribution in [0.2, 0.25) is 0 Å². The molecule has 3 rings (SSSR count). The van der Waals surface area contributed by atoms with Crippen molar-refractivity contribution in [3.8, 4) is 11.1 Å². The number of alkyl halides is 2. The molecule has 0 fully saturated rings. The normalized spacial score (nSPS) is 11.0. The molecule has 3 nitrogen and oxygen atoms in total. The third-order valence-corrected chi connectivity index (χ3v) is 4.52. The first-order valence-electron chi connectivity index (χ1n) is 8.84. The Hall–Kier alpha value is -2.36. The van der Waals surface area contributed by atoms with E-state index in [4.69, 9.17) is 23.2 Å². The number of anilines is 1. The lowest BCUT2D eigenvalue weighted by Crippen LogP contribution is -2.27. The molecule has 5 heteroatoms.